The Morgan fingerprint density at radius 2 is 1.63 bits per heavy atom. The van der Waals surface area contributed by atoms with E-state index in [0.29, 0.717) is 0 Å². The van der Waals surface area contributed by atoms with Gasteiger partial charge in [-0.25, -0.2) is 0 Å². The normalized spacial score (nSPS) is 23.6. The topological polar surface area (TPSA) is 19.4 Å². The van der Waals surface area contributed by atoms with Crippen molar-refractivity contribution in [3.8, 4) is 0 Å². The average molecular weight is 259 g/mol. The highest BCUT2D eigenvalue weighted by atomic mass is 15.3. The zero-order valence-corrected chi connectivity index (χ0v) is 11.8. The van der Waals surface area contributed by atoms with Gasteiger partial charge in [-0.3, -0.25) is 14.8 Å². The fourth-order valence-electron chi connectivity index (χ4n) is 3.48. The minimum absolute atomic E-state index is 0.886. The smallest absolute Gasteiger partial charge is 0.0271 e. The average Bonchev–Trinajstić information content (AvgIpc) is 2.50. The maximum atomic E-state index is 4.08. The SMILES string of the molecule is c1cc(CN2CCN(C3CCCCC3)CC2)ccn1. The number of aromatic nitrogens is 1. The van der Waals surface area contributed by atoms with Crippen LogP contribution >= 0.6 is 0 Å². The lowest BCUT2D eigenvalue weighted by Crippen LogP contribution is -2.50. The van der Waals surface area contributed by atoms with Crippen molar-refractivity contribution in [2.75, 3.05) is 26.2 Å². The summed E-state index contributed by atoms with van der Waals surface area (Å²) in [6.07, 6.45) is 11.0. The number of pyridine rings is 1. The Hall–Kier alpha value is -0.930. The lowest BCUT2D eigenvalue weighted by Gasteiger charge is -2.40. The highest BCUT2D eigenvalue weighted by Gasteiger charge is 2.24. The van der Waals surface area contributed by atoms with E-state index in [4.69, 9.17) is 0 Å². The molecule has 2 fully saturated rings. The summed E-state index contributed by atoms with van der Waals surface area (Å²) in [5.41, 5.74) is 1.39. The summed E-state index contributed by atoms with van der Waals surface area (Å²) in [4.78, 5) is 9.40. The third-order valence-electron chi connectivity index (χ3n) is 4.65. The molecule has 0 radical (unpaired) electrons. The van der Waals surface area contributed by atoms with Gasteiger partial charge in [-0.15, -0.1) is 0 Å². The van der Waals surface area contributed by atoms with Gasteiger partial charge in [-0.05, 0) is 30.5 Å². The minimum atomic E-state index is 0.886. The van der Waals surface area contributed by atoms with Crippen molar-refractivity contribution in [3.63, 3.8) is 0 Å². The number of rotatable bonds is 3. The van der Waals surface area contributed by atoms with Crippen LogP contribution in [0.25, 0.3) is 0 Å². The molecule has 3 nitrogen and oxygen atoms in total. The Balaban J connectivity index is 1.46. The second kappa shape index (κ2) is 6.49. The van der Waals surface area contributed by atoms with Crippen LogP contribution in [0.2, 0.25) is 0 Å². The van der Waals surface area contributed by atoms with Crippen molar-refractivity contribution >= 4 is 0 Å². The summed E-state index contributed by atoms with van der Waals surface area (Å²) >= 11 is 0. The summed E-state index contributed by atoms with van der Waals surface area (Å²) < 4.78 is 0. The van der Waals surface area contributed by atoms with Gasteiger partial charge >= 0.3 is 0 Å². The molecule has 1 aromatic rings. The highest BCUT2D eigenvalue weighted by molar-refractivity contribution is 5.09. The van der Waals surface area contributed by atoms with Gasteiger partial charge in [0.15, 0.2) is 0 Å². The lowest BCUT2D eigenvalue weighted by atomic mass is 9.94. The number of piperazine rings is 1. The summed E-state index contributed by atoms with van der Waals surface area (Å²) in [6, 6.07) is 5.15. The second-order valence-corrected chi connectivity index (χ2v) is 5.96. The first kappa shape index (κ1) is 13.1. The van der Waals surface area contributed by atoms with Crippen molar-refractivity contribution in [1.82, 2.24) is 14.8 Å². The monoisotopic (exact) mass is 259 g/mol. The molecule has 0 N–H and O–H groups in total. The second-order valence-electron chi connectivity index (χ2n) is 5.96. The Bertz CT molecular complexity index is 365. The van der Waals surface area contributed by atoms with Crippen LogP contribution in [-0.2, 0) is 6.54 Å². The van der Waals surface area contributed by atoms with Crippen LogP contribution in [0, 0.1) is 0 Å². The highest BCUT2D eigenvalue weighted by Crippen LogP contribution is 2.23. The van der Waals surface area contributed by atoms with Gasteiger partial charge in [0.1, 0.15) is 0 Å². The zero-order chi connectivity index (χ0) is 12.9. The Morgan fingerprint density at radius 3 is 2.32 bits per heavy atom. The zero-order valence-electron chi connectivity index (χ0n) is 11.8. The van der Waals surface area contributed by atoms with E-state index < -0.39 is 0 Å². The Kier molecular flexibility index (Phi) is 4.46. The first-order chi connectivity index (χ1) is 9.42. The van der Waals surface area contributed by atoms with E-state index in [1.807, 2.05) is 12.4 Å². The van der Waals surface area contributed by atoms with E-state index in [2.05, 4.69) is 26.9 Å². The minimum Gasteiger partial charge on any atom is -0.298 e. The van der Waals surface area contributed by atoms with E-state index >= 15 is 0 Å². The van der Waals surface area contributed by atoms with Crippen LogP contribution in [0.3, 0.4) is 0 Å². The maximum Gasteiger partial charge on any atom is 0.0271 e. The lowest BCUT2D eigenvalue weighted by molar-refractivity contribution is 0.0755. The molecular weight excluding hydrogens is 234 g/mol. The fourth-order valence-corrected chi connectivity index (χ4v) is 3.48. The van der Waals surface area contributed by atoms with Crippen LogP contribution in [0.5, 0.6) is 0 Å². The van der Waals surface area contributed by atoms with Gasteiger partial charge in [-0.1, -0.05) is 19.3 Å². The molecule has 1 aliphatic carbocycles. The molecule has 2 heterocycles. The molecule has 1 aliphatic heterocycles. The van der Waals surface area contributed by atoms with Crippen LogP contribution in [0.1, 0.15) is 37.7 Å². The first-order valence-electron chi connectivity index (χ1n) is 7.77. The summed E-state index contributed by atoms with van der Waals surface area (Å²) in [7, 11) is 0. The van der Waals surface area contributed by atoms with Crippen molar-refractivity contribution in [2.24, 2.45) is 0 Å². The fraction of sp³-hybridized carbons (Fsp3) is 0.688. The molecule has 2 aliphatic rings. The van der Waals surface area contributed by atoms with E-state index in [1.165, 1.54) is 63.8 Å². The van der Waals surface area contributed by atoms with Crippen molar-refractivity contribution in [3.05, 3.63) is 30.1 Å². The van der Waals surface area contributed by atoms with Crippen LogP contribution in [-0.4, -0.2) is 47.0 Å². The molecule has 104 valence electrons. The summed E-state index contributed by atoms with van der Waals surface area (Å²) in [5, 5.41) is 0. The molecular formula is C16H25N3. The maximum absolute atomic E-state index is 4.08. The van der Waals surface area contributed by atoms with Gasteiger partial charge in [0.05, 0.1) is 0 Å². The van der Waals surface area contributed by atoms with Gasteiger partial charge < -0.3 is 0 Å². The molecule has 0 spiro atoms. The molecule has 19 heavy (non-hydrogen) atoms. The van der Waals surface area contributed by atoms with E-state index in [-0.39, 0.29) is 0 Å². The molecule has 0 amide bonds. The molecule has 3 rings (SSSR count). The van der Waals surface area contributed by atoms with Gasteiger partial charge in [-0.2, -0.15) is 0 Å². The van der Waals surface area contributed by atoms with Crippen LogP contribution < -0.4 is 0 Å². The predicted molar refractivity (Wildman–Crippen MR) is 78.0 cm³/mol. The molecule has 0 atom stereocenters. The third kappa shape index (κ3) is 3.54. The quantitative estimate of drug-likeness (QED) is 0.831. The van der Waals surface area contributed by atoms with Crippen molar-refractivity contribution in [1.29, 1.82) is 0 Å². The van der Waals surface area contributed by atoms with Gasteiger partial charge in [0, 0.05) is 51.2 Å². The van der Waals surface area contributed by atoms with Crippen molar-refractivity contribution < 1.29 is 0 Å². The van der Waals surface area contributed by atoms with Crippen LogP contribution in [0.15, 0.2) is 24.5 Å². The molecule has 3 heteroatoms. The molecule has 1 saturated carbocycles. The first-order valence-corrected chi connectivity index (χ1v) is 7.77. The van der Waals surface area contributed by atoms with Crippen molar-refractivity contribution in [2.45, 2.75) is 44.7 Å². The number of hydrogen-bond acceptors (Lipinski definition) is 3. The number of nitrogens with zero attached hydrogens (tertiary/aromatic N) is 3. The summed E-state index contributed by atoms with van der Waals surface area (Å²) in [6.45, 7) is 6.05. The molecule has 0 bridgehead atoms. The van der Waals surface area contributed by atoms with Gasteiger partial charge in [0.25, 0.3) is 0 Å². The van der Waals surface area contributed by atoms with E-state index in [1.54, 1.807) is 0 Å². The standard InChI is InChI=1S/C16H25N3/c1-2-4-16(5-3-1)19-12-10-18(11-13-19)14-15-6-8-17-9-7-15/h6-9,16H,1-5,10-14H2. The largest absolute Gasteiger partial charge is 0.298 e. The predicted octanol–water partition coefficient (Wildman–Crippen LogP) is 2.53. The molecule has 1 aromatic heterocycles. The summed E-state index contributed by atoms with van der Waals surface area (Å²) in [5.74, 6) is 0. The Morgan fingerprint density at radius 1 is 0.947 bits per heavy atom. The van der Waals surface area contributed by atoms with Crippen LogP contribution in [0.4, 0.5) is 0 Å². The number of hydrogen-bond donors (Lipinski definition) is 0. The molecule has 0 unspecified atom stereocenters. The van der Waals surface area contributed by atoms with Gasteiger partial charge in [0.2, 0.25) is 0 Å². The molecule has 0 aromatic carbocycles. The third-order valence-corrected chi connectivity index (χ3v) is 4.65. The Labute approximate surface area is 116 Å². The molecule has 1 saturated heterocycles. The van der Waals surface area contributed by atoms with E-state index in [0.717, 1.165) is 12.6 Å². The van der Waals surface area contributed by atoms with E-state index in [9.17, 15) is 0 Å².